The van der Waals surface area contributed by atoms with Crippen molar-refractivity contribution in [1.82, 2.24) is 9.88 Å². The molecule has 0 radical (unpaired) electrons. The molecule has 0 aliphatic carbocycles. The Bertz CT molecular complexity index is 439. The minimum Gasteiger partial charge on any atom is -0.487 e. The molecule has 6 heteroatoms. The Hall–Kier alpha value is -1.30. The molecule has 1 aliphatic rings. The van der Waals surface area contributed by atoms with Crippen LogP contribution in [0.1, 0.15) is 19.0 Å². The van der Waals surface area contributed by atoms with Crippen molar-refractivity contribution in [3.63, 3.8) is 0 Å². The highest BCUT2D eigenvalue weighted by Gasteiger charge is 2.25. The van der Waals surface area contributed by atoms with Crippen molar-refractivity contribution in [2.45, 2.75) is 26.0 Å². The molecule has 1 amide bonds. The summed E-state index contributed by atoms with van der Waals surface area (Å²) in [5.41, 5.74) is 0.651. The van der Waals surface area contributed by atoms with E-state index in [9.17, 15) is 4.79 Å². The maximum Gasteiger partial charge on any atom is 0.407 e. The summed E-state index contributed by atoms with van der Waals surface area (Å²) in [6, 6.07) is 3.61. The highest BCUT2D eigenvalue weighted by molar-refractivity contribution is 9.10. The highest BCUT2D eigenvalue weighted by Crippen LogP contribution is 2.26. The van der Waals surface area contributed by atoms with Gasteiger partial charge in [0.25, 0.3) is 0 Å². The lowest BCUT2D eigenvalue weighted by Gasteiger charge is -2.19. The van der Waals surface area contributed by atoms with Crippen LogP contribution < -0.4 is 4.74 Å². The molecule has 1 N–H and O–H groups in total. The van der Waals surface area contributed by atoms with Gasteiger partial charge >= 0.3 is 6.09 Å². The molecular formula is C11H13BrN2O3. The van der Waals surface area contributed by atoms with Crippen molar-refractivity contribution >= 4 is 22.0 Å². The second-order valence-corrected chi connectivity index (χ2v) is 4.70. The van der Waals surface area contributed by atoms with Crippen LogP contribution in [0.2, 0.25) is 0 Å². The van der Waals surface area contributed by atoms with Gasteiger partial charge in [-0.1, -0.05) is 6.92 Å². The molecule has 1 aliphatic heterocycles. The van der Waals surface area contributed by atoms with Crippen LogP contribution in [0.4, 0.5) is 4.79 Å². The molecular weight excluding hydrogens is 288 g/mol. The van der Waals surface area contributed by atoms with Gasteiger partial charge < -0.3 is 9.84 Å². The number of nitrogens with zero attached hydrogens (tertiary/aromatic N) is 2. The predicted octanol–water partition coefficient (Wildman–Crippen LogP) is 2.50. The maximum absolute atomic E-state index is 11.1. The minimum atomic E-state index is -0.943. The van der Waals surface area contributed by atoms with Crippen LogP contribution >= 0.6 is 15.9 Å². The molecule has 1 aromatic heterocycles. The van der Waals surface area contributed by atoms with E-state index in [1.807, 2.05) is 13.0 Å². The minimum absolute atomic E-state index is 0.115. The van der Waals surface area contributed by atoms with Gasteiger partial charge in [0.1, 0.15) is 22.2 Å². The summed E-state index contributed by atoms with van der Waals surface area (Å²) < 4.78 is 6.43. The Kier molecular flexibility index (Phi) is 3.51. The molecule has 1 aromatic rings. The van der Waals surface area contributed by atoms with Crippen LogP contribution in [0, 0.1) is 0 Å². The second-order valence-electron chi connectivity index (χ2n) is 3.89. The number of ether oxygens (including phenoxy) is 1. The van der Waals surface area contributed by atoms with Crippen molar-refractivity contribution in [3.8, 4) is 5.75 Å². The Morgan fingerprint density at radius 1 is 1.71 bits per heavy atom. The van der Waals surface area contributed by atoms with Gasteiger partial charge in [-0.05, 0) is 34.5 Å². The van der Waals surface area contributed by atoms with Crippen molar-refractivity contribution in [2.75, 3.05) is 6.54 Å². The summed E-state index contributed by atoms with van der Waals surface area (Å²) in [6.07, 6.45) is -0.295. The first-order valence-corrected chi connectivity index (χ1v) is 6.19. The second kappa shape index (κ2) is 4.91. The lowest BCUT2D eigenvalue weighted by molar-refractivity contribution is 0.114. The number of carbonyl (C=O) groups is 1. The maximum atomic E-state index is 11.1. The molecule has 17 heavy (non-hydrogen) atoms. The third-order valence-electron chi connectivity index (χ3n) is 2.68. The number of hydrogen-bond donors (Lipinski definition) is 1. The fourth-order valence-corrected chi connectivity index (χ4v) is 2.09. The van der Waals surface area contributed by atoms with Gasteiger partial charge in [0, 0.05) is 0 Å². The van der Waals surface area contributed by atoms with E-state index in [4.69, 9.17) is 9.84 Å². The van der Waals surface area contributed by atoms with Crippen LogP contribution in [-0.2, 0) is 6.54 Å². The average molecular weight is 301 g/mol. The van der Waals surface area contributed by atoms with Crippen LogP contribution in [0.25, 0.3) is 0 Å². The Morgan fingerprint density at radius 3 is 3.12 bits per heavy atom. The third-order valence-corrected chi connectivity index (χ3v) is 3.12. The van der Waals surface area contributed by atoms with Gasteiger partial charge in [0.05, 0.1) is 13.1 Å². The van der Waals surface area contributed by atoms with E-state index in [0.29, 0.717) is 22.6 Å². The SMILES string of the molecule is CC[C@@H]1CN(C(=O)O)Cc2nc(Br)ccc2O1. The van der Waals surface area contributed by atoms with Crippen LogP contribution in [0.3, 0.4) is 0 Å². The average Bonchev–Trinajstić information content (AvgIpc) is 2.47. The fourth-order valence-electron chi connectivity index (χ4n) is 1.75. The summed E-state index contributed by atoms with van der Waals surface area (Å²) in [5.74, 6) is 0.670. The van der Waals surface area contributed by atoms with Gasteiger partial charge in [-0.2, -0.15) is 0 Å². The molecule has 0 fully saturated rings. The molecule has 2 heterocycles. The van der Waals surface area contributed by atoms with E-state index >= 15 is 0 Å². The number of halogens is 1. The van der Waals surface area contributed by atoms with Crippen molar-refractivity contribution in [1.29, 1.82) is 0 Å². The van der Waals surface area contributed by atoms with Gasteiger partial charge in [-0.15, -0.1) is 0 Å². The number of rotatable bonds is 1. The van der Waals surface area contributed by atoms with Crippen LogP contribution in [-0.4, -0.2) is 33.7 Å². The van der Waals surface area contributed by atoms with E-state index in [-0.39, 0.29) is 12.6 Å². The van der Waals surface area contributed by atoms with E-state index in [1.54, 1.807) is 6.07 Å². The largest absolute Gasteiger partial charge is 0.487 e. The van der Waals surface area contributed by atoms with E-state index < -0.39 is 6.09 Å². The molecule has 2 rings (SSSR count). The predicted molar refractivity (Wildman–Crippen MR) is 65.1 cm³/mol. The standard InChI is InChI=1S/C11H13BrN2O3/c1-2-7-5-14(11(15)16)6-8-9(17-7)3-4-10(12)13-8/h3-4,7H,2,5-6H2,1H3,(H,15,16)/t7-/m1/s1. The molecule has 0 unspecified atom stereocenters. The Labute approximate surface area is 108 Å². The number of fused-ring (bicyclic) bond motifs is 1. The zero-order valence-electron chi connectivity index (χ0n) is 9.39. The third kappa shape index (κ3) is 2.69. The first-order valence-electron chi connectivity index (χ1n) is 5.40. The number of hydrogen-bond acceptors (Lipinski definition) is 3. The summed E-state index contributed by atoms with van der Waals surface area (Å²) in [4.78, 5) is 16.7. The number of carboxylic acid groups (broad SMARTS) is 1. The Balaban J connectivity index is 2.35. The number of amides is 1. The van der Waals surface area contributed by atoms with Crippen molar-refractivity contribution < 1.29 is 14.6 Å². The lowest BCUT2D eigenvalue weighted by Crippen LogP contribution is -2.36. The van der Waals surface area contributed by atoms with Crippen LogP contribution in [0.15, 0.2) is 16.7 Å². The van der Waals surface area contributed by atoms with Crippen LogP contribution in [0.5, 0.6) is 5.75 Å². The smallest absolute Gasteiger partial charge is 0.407 e. The van der Waals surface area contributed by atoms with Gasteiger partial charge in [-0.3, -0.25) is 4.90 Å². The van der Waals surface area contributed by atoms with Crippen molar-refractivity contribution in [2.24, 2.45) is 0 Å². The van der Waals surface area contributed by atoms with Gasteiger partial charge in [-0.25, -0.2) is 9.78 Å². The molecule has 0 aromatic carbocycles. The molecule has 0 saturated heterocycles. The normalized spacial score (nSPS) is 19.2. The van der Waals surface area contributed by atoms with E-state index in [0.717, 1.165) is 6.42 Å². The first kappa shape index (κ1) is 12.2. The summed E-state index contributed by atoms with van der Waals surface area (Å²) in [6.45, 7) is 2.61. The quantitative estimate of drug-likeness (QED) is 0.810. The molecule has 0 saturated carbocycles. The van der Waals surface area contributed by atoms with Crippen molar-refractivity contribution in [3.05, 3.63) is 22.4 Å². The Morgan fingerprint density at radius 2 is 2.47 bits per heavy atom. The molecule has 92 valence electrons. The van der Waals surface area contributed by atoms with E-state index in [1.165, 1.54) is 4.90 Å². The molecule has 0 bridgehead atoms. The lowest BCUT2D eigenvalue weighted by atomic mass is 10.2. The summed E-state index contributed by atoms with van der Waals surface area (Å²) >= 11 is 3.27. The topological polar surface area (TPSA) is 62.7 Å². The molecule has 1 atom stereocenters. The molecule has 0 spiro atoms. The summed E-state index contributed by atoms with van der Waals surface area (Å²) in [5, 5.41) is 9.10. The van der Waals surface area contributed by atoms with Gasteiger partial charge in [0.15, 0.2) is 0 Å². The first-order chi connectivity index (χ1) is 8.10. The highest BCUT2D eigenvalue weighted by atomic mass is 79.9. The zero-order valence-corrected chi connectivity index (χ0v) is 11.0. The van der Waals surface area contributed by atoms with E-state index in [2.05, 4.69) is 20.9 Å². The zero-order chi connectivity index (χ0) is 12.4. The van der Waals surface area contributed by atoms with Gasteiger partial charge in [0.2, 0.25) is 0 Å². The summed E-state index contributed by atoms with van der Waals surface area (Å²) in [7, 11) is 0. The number of aromatic nitrogens is 1. The number of pyridine rings is 1. The fraction of sp³-hybridized carbons (Fsp3) is 0.455. The molecule has 5 nitrogen and oxygen atoms in total. The monoisotopic (exact) mass is 300 g/mol.